The maximum absolute atomic E-state index is 12.0. The lowest BCUT2D eigenvalue weighted by atomic mass is 9.67. The van der Waals surface area contributed by atoms with Crippen LogP contribution in [0.1, 0.15) is 52.9 Å². The Morgan fingerprint density at radius 3 is 2.56 bits per heavy atom. The summed E-state index contributed by atoms with van der Waals surface area (Å²) in [4.78, 5) is 18.6. The average Bonchev–Trinajstić information content (AvgIpc) is 2.95. The maximum Gasteiger partial charge on any atom is 0.407 e. The number of hydrogen-bond acceptors (Lipinski definition) is 4. The largest absolute Gasteiger partial charge is 0.444 e. The van der Waals surface area contributed by atoms with E-state index < -0.39 is 5.60 Å². The molecular formula is C19H37IN4O3. The van der Waals surface area contributed by atoms with Crippen LogP contribution in [0.2, 0.25) is 0 Å². The van der Waals surface area contributed by atoms with Gasteiger partial charge in [-0.25, -0.2) is 4.79 Å². The van der Waals surface area contributed by atoms with Gasteiger partial charge in [0.25, 0.3) is 0 Å². The van der Waals surface area contributed by atoms with Gasteiger partial charge in [0.15, 0.2) is 5.96 Å². The van der Waals surface area contributed by atoms with Gasteiger partial charge in [-0.2, -0.15) is 0 Å². The van der Waals surface area contributed by atoms with Crippen LogP contribution < -0.4 is 10.6 Å². The van der Waals surface area contributed by atoms with Gasteiger partial charge in [-0.3, -0.25) is 4.99 Å². The van der Waals surface area contributed by atoms with Crippen LogP contribution in [0.4, 0.5) is 4.79 Å². The number of hydrogen-bond donors (Lipinski definition) is 2. The van der Waals surface area contributed by atoms with E-state index in [2.05, 4.69) is 20.5 Å². The van der Waals surface area contributed by atoms with E-state index in [0.29, 0.717) is 5.41 Å². The number of rotatable bonds is 6. The minimum absolute atomic E-state index is 0. The first-order chi connectivity index (χ1) is 12.3. The third-order valence-corrected chi connectivity index (χ3v) is 5.29. The van der Waals surface area contributed by atoms with E-state index in [1.54, 1.807) is 7.11 Å². The number of ether oxygens (including phenoxy) is 2. The molecule has 1 heterocycles. The zero-order valence-electron chi connectivity index (χ0n) is 17.5. The summed E-state index contributed by atoms with van der Waals surface area (Å²) < 4.78 is 10.6. The Labute approximate surface area is 181 Å². The number of halogens is 1. The van der Waals surface area contributed by atoms with Crippen molar-refractivity contribution >= 4 is 36.0 Å². The number of methoxy groups -OCH3 is 1. The molecule has 1 atom stereocenters. The fraction of sp³-hybridized carbons (Fsp3) is 0.895. The van der Waals surface area contributed by atoms with E-state index in [9.17, 15) is 4.79 Å². The van der Waals surface area contributed by atoms with Crippen molar-refractivity contribution in [3.63, 3.8) is 0 Å². The third-order valence-electron chi connectivity index (χ3n) is 5.29. The standard InChI is InChI=1S/C19H36N4O3.HI/c1-18(2,3)26-17(24)22-15-7-11-23(13-15)16(20-4)21-14-19(8-6-9-19)10-12-25-5;/h15H,6-14H2,1-5H3,(H,20,21)(H,22,24);1H/t15-;/m1./s1. The number of nitrogens with one attached hydrogen (secondary N) is 2. The van der Waals surface area contributed by atoms with Gasteiger partial charge in [-0.1, -0.05) is 6.42 Å². The highest BCUT2D eigenvalue weighted by molar-refractivity contribution is 14.0. The van der Waals surface area contributed by atoms with Gasteiger partial charge in [0, 0.05) is 40.4 Å². The predicted molar refractivity (Wildman–Crippen MR) is 119 cm³/mol. The molecule has 2 fully saturated rings. The lowest BCUT2D eigenvalue weighted by Crippen LogP contribution is -2.48. The molecule has 2 N–H and O–H groups in total. The van der Waals surface area contributed by atoms with Gasteiger partial charge in [0.05, 0.1) is 6.04 Å². The molecule has 2 rings (SSSR count). The first kappa shape index (κ1) is 24.3. The minimum atomic E-state index is -0.473. The van der Waals surface area contributed by atoms with Crippen molar-refractivity contribution in [2.45, 2.75) is 64.5 Å². The number of likely N-dealkylation sites (tertiary alicyclic amines) is 1. The Hall–Kier alpha value is -0.770. The first-order valence-electron chi connectivity index (χ1n) is 9.71. The molecule has 0 spiro atoms. The lowest BCUT2D eigenvalue weighted by Gasteiger charge is -2.42. The van der Waals surface area contributed by atoms with Crippen molar-refractivity contribution in [2.24, 2.45) is 10.4 Å². The highest BCUT2D eigenvalue weighted by Gasteiger charge is 2.37. The molecule has 0 aromatic carbocycles. The van der Waals surface area contributed by atoms with Crippen molar-refractivity contribution < 1.29 is 14.3 Å². The Kier molecular flexibility index (Phi) is 9.61. The molecule has 7 nitrogen and oxygen atoms in total. The van der Waals surface area contributed by atoms with Crippen LogP contribution in [0, 0.1) is 5.41 Å². The quantitative estimate of drug-likeness (QED) is 0.336. The molecule has 1 aliphatic heterocycles. The van der Waals surface area contributed by atoms with Crippen molar-refractivity contribution in [3.05, 3.63) is 0 Å². The summed E-state index contributed by atoms with van der Waals surface area (Å²) >= 11 is 0. The SMILES string of the molecule is CN=C(NCC1(CCOC)CCC1)N1CC[C@@H](NC(=O)OC(C)(C)C)C1.I. The second-order valence-electron chi connectivity index (χ2n) is 8.57. The van der Waals surface area contributed by atoms with Crippen LogP contribution in [-0.2, 0) is 9.47 Å². The topological polar surface area (TPSA) is 75.2 Å². The Morgan fingerprint density at radius 2 is 2.04 bits per heavy atom. The van der Waals surface area contributed by atoms with Crippen LogP contribution >= 0.6 is 24.0 Å². The van der Waals surface area contributed by atoms with E-state index in [0.717, 1.165) is 45.0 Å². The molecule has 0 aromatic rings. The van der Waals surface area contributed by atoms with Crippen molar-refractivity contribution in [3.8, 4) is 0 Å². The van der Waals surface area contributed by atoms with Crippen molar-refractivity contribution in [1.82, 2.24) is 15.5 Å². The predicted octanol–water partition coefficient (Wildman–Crippen LogP) is 2.99. The fourth-order valence-corrected chi connectivity index (χ4v) is 3.65. The van der Waals surface area contributed by atoms with Gasteiger partial charge >= 0.3 is 6.09 Å². The zero-order valence-corrected chi connectivity index (χ0v) is 19.8. The molecule has 0 radical (unpaired) electrons. The molecule has 0 bridgehead atoms. The second kappa shape index (κ2) is 10.7. The Morgan fingerprint density at radius 1 is 1.33 bits per heavy atom. The maximum atomic E-state index is 12.0. The second-order valence-corrected chi connectivity index (χ2v) is 8.57. The van der Waals surface area contributed by atoms with E-state index in [4.69, 9.17) is 9.47 Å². The summed E-state index contributed by atoms with van der Waals surface area (Å²) in [5.74, 6) is 0.919. The monoisotopic (exact) mass is 496 g/mol. The van der Waals surface area contributed by atoms with Crippen LogP contribution in [-0.4, -0.2) is 69.0 Å². The smallest absolute Gasteiger partial charge is 0.407 e. The number of guanidine groups is 1. The van der Waals surface area contributed by atoms with E-state index in [-0.39, 0.29) is 36.1 Å². The van der Waals surface area contributed by atoms with Gasteiger partial charge < -0.3 is 25.0 Å². The van der Waals surface area contributed by atoms with Crippen LogP contribution in [0.5, 0.6) is 0 Å². The van der Waals surface area contributed by atoms with Gasteiger partial charge in [0.1, 0.15) is 5.60 Å². The lowest BCUT2D eigenvalue weighted by molar-refractivity contribution is 0.0507. The van der Waals surface area contributed by atoms with E-state index in [1.165, 1.54) is 19.3 Å². The van der Waals surface area contributed by atoms with E-state index >= 15 is 0 Å². The number of carbonyl (C=O) groups is 1. The van der Waals surface area contributed by atoms with Crippen LogP contribution in [0.25, 0.3) is 0 Å². The van der Waals surface area contributed by atoms with E-state index in [1.807, 2.05) is 27.8 Å². The first-order valence-corrected chi connectivity index (χ1v) is 9.71. The van der Waals surface area contributed by atoms with Gasteiger partial charge in [-0.05, 0) is 51.9 Å². The van der Waals surface area contributed by atoms with Crippen LogP contribution in [0.3, 0.4) is 0 Å². The molecular weight excluding hydrogens is 459 g/mol. The molecule has 1 saturated carbocycles. The number of nitrogens with zero attached hydrogens (tertiary/aromatic N) is 2. The number of amides is 1. The summed E-state index contributed by atoms with van der Waals surface area (Å²) in [5.41, 5.74) is -0.126. The highest BCUT2D eigenvalue weighted by atomic mass is 127. The third kappa shape index (κ3) is 7.63. The molecule has 27 heavy (non-hydrogen) atoms. The van der Waals surface area contributed by atoms with Gasteiger partial charge in [0.2, 0.25) is 0 Å². The molecule has 0 aromatic heterocycles. The highest BCUT2D eigenvalue weighted by Crippen LogP contribution is 2.43. The number of carbonyl (C=O) groups excluding carboxylic acids is 1. The molecule has 2 aliphatic rings. The Bertz CT molecular complexity index is 504. The summed E-state index contributed by atoms with van der Waals surface area (Å²) in [6.45, 7) is 9.00. The fourth-order valence-electron chi connectivity index (χ4n) is 3.65. The summed E-state index contributed by atoms with van der Waals surface area (Å²) in [5, 5.41) is 6.52. The molecule has 158 valence electrons. The summed E-state index contributed by atoms with van der Waals surface area (Å²) in [6, 6.07) is 0.0922. The molecule has 1 amide bonds. The van der Waals surface area contributed by atoms with Crippen molar-refractivity contribution in [1.29, 1.82) is 0 Å². The molecule has 8 heteroatoms. The van der Waals surface area contributed by atoms with Gasteiger partial charge in [-0.15, -0.1) is 24.0 Å². The molecule has 1 saturated heterocycles. The normalized spacial score (nSPS) is 21.9. The number of alkyl carbamates (subject to hydrolysis) is 1. The number of aliphatic imine (C=N–C) groups is 1. The molecule has 1 aliphatic carbocycles. The molecule has 0 unspecified atom stereocenters. The average molecular weight is 496 g/mol. The minimum Gasteiger partial charge on any atom is -0.444 e. The van der Waals surface area contributed by atoms with Crippen molar-refractivity contribution in [2.75, 3.05) is 40.4 Å². The van der Waals surface area contributed by atoms with Crippen LogP contribution in [0.15, 0.2) is 4.99 Å². The zero-order chi connectivity index (χ0) is 19.2. The summed E-state index contributed by atoms with van der Waals surface area (Å²) in [7, 11) is 3.58. The summed E-state index contributed by atoms with van der Waals surface area (Å²) in [6.07, 6.45) is 5.45. The Balaban J connectivity index is 0.00000364.